The van der Waals surface area contributed by atoms with Crippen molar-refractivity contribution >= 4 is 11.9 Å². The Morgan fingerprint density at radius 2 is 1.89 bits per heavy atom. The first-order valence-corrected chi connectivity index (χ1v) is 12.4. The molecular formula is C27H29FN4O3. The number of aromatic amines is 1. The first kappa shape index (κ1) is 22.2. The molecular weight excluding hydrogens is 447 g/mol. The second-order valence-corrected chi connectivity index (χ2v) is 10.0. The molecule has 7 nitrogen and oxygen atoms in total. The zero-order chi connectivity index (χ0) is 24.1. The average molecular weight is 477 g/mol. The van der Waals surface area contributed by atoms with Gasteiger partial charge in [-0.1, -0.05) is 18.2 Å². The summed E-state index contributed by atoms with van der Waals surface area (Å²) in [4.78, 5) is 26.0. The molecule has 8 heteroatoms. The number of piperidine rings is 1. The van der Waals surface area contributed by atoms with Crippen molar-refractivity contribution in [3.05, 3.63) is 65.0 Å². The molecule has 2 aromatic heterocycles. The average Bonchev–Trinajstić information content (AvgIpc) is 3.54. The summed E-state index contributed by atoms with van der Waals surface area (Å²) in [6.45, 7) is 2.25. The van der Waals surface area contributed by atoms with Gasteiger partial charge in [0.2, 0.25) is 5.95 Å². The molecule has 182 valence electrons. The summed E-state index contributed by atoms with van der Waals surface area (Å²) in [6.07, 6.45) is 8.03. The Bertz CT molecular complexity index is 1260. The summed E-state index contributed by atoms with van der Waals surface area (Å²) < 4.78 is 21.1. The number of nitrogens with one attached hydrogen (secondary N) is 1. The van der Waals surface area contributed by atoms with Crippen LogP contribution in [-0.2, 0) is 11.3 Å². The minimum atomic E-state index is -1.04. The van der Waals surface area contributed by atoms with Crippen LogP contribution in [0.3, 0.4) is 0 Å². The molecule has 2 N–H and O–H groups in total. The van der Waals surface area contributed by atoms with Crippen molar-refractivity contribution in [2.75, 3.05) is 4.90 Å². The largest absolute Gasteiger partial charge is 0.477 e. The number of aromatic carboxylic acids is 1. The quantitative estimate of drug-likeness (QED) is 0.486. The van der Waals surface area contributed by atoms with Gasteiger partial charge >= 0.3 is 5.97 Å². The number of carboxylic acids is 1. The highest BCUT2D eigenvalue weighted by Gasteiger charge is 2.43. The number of carboxylic acid groups (broad SMARTS) is 1. The minimum Gasteiger partial charge on any atom is -0.477 e. The molecule has 6 rings (SSSR count). The Balaban J connectivity index is 1.20. The van der Waals surface area contributed by atoms with Crippen molar-refractivity contribution in [1.82, 2.24) is 15.0 Å². The van der Waals surface area contributed by atoms with Gasteiger partial charge in [-0.05, 0) is 63.5 Å². The van der Waals surface area contributed by atoms with Crippen molar-refractivity contribution in [2.24, 2.45) is 0 Å². The molecule has 1 aromatic carbocycles. The van der Waals surface area contributed by atoms with Crippen LogP contribution in [0.5, 0.6) is 0 Å². The Morgan fingerprint density at radius 3 is 2.57 bits per heavy atom. The van der Waals surface area contributed by atoms with Gasteiger partial charge in [-0.25, -0.2) is 19.2 Å². The Hall–Kier alpha value is -3.26. The zero-order valence-corrected chi connectivity index (χ0v) is 19.7. The summed E-state index contributed by atoms with van der Waals surface area (Å²) in [7, 11) is 0. The van der Waals surface area contributed by atoms with Gasteiger partial charge in [0, 0.05) is 46.4 Å². The van der Waals surface area contributed by atoms with Crippen molar-refractivity contribution in [3.63, 3.8) is 0 Å². The lowest BCUT2D eigenvalue weighted by Crippen LogP contribution is -2.46. The van der Waals surface area contributed by atoms with E-state index in [4.69, 9.17) is 4.74 Å². The number of ether oxygens (including phenoxy) is 1. The number of halogens is 1. The van der Waals surface area contributed by atoms with E-state index in [1.165, 1.54) is 17.8 Å². The molecule has 3 fully saturated rings. The standard InChI is InChI=1S/C27H29FN4O3/c1-15-10-24(26(33)34)31-27(30-15)32-17-8-9-18(32)12-19(11-17)35-14-22-21(13-29-25(22)16-6-7-16)20-4-2-3-5-23(20)28/h2-5,10,13,16-19,29H,6-9,11-12,14H2,1H3,(H,33,34). The van der Waals surface area contributed by atoms with E-state index in [1.54, 1.807) is 13.0 Å². The number of hydrogen-bond acceptors (Lipinski definition) is 5. The zero-order valence-electron chi connectivity index (χ0n) is 19.7. The molecule has 4 heterocycles. The van der Waals surface area contributed by atoms with Crippen LogP contribution < -0.4 is 4.90 Å². The number of aromatic nitrogens is 3. The second kappa shape index (κ2) is 8.75. The fourth-order valence-electron chi connectivity index (χ4n) is 5.85. The highest BCUT2D eigenvalue weighted by Crippen LogP contribution is 2.45. The molecule has 3 aliphatic rings. The van der Waals surface area contributed by atoms with Crippen LogP contribution in [0.2, 0.25) is 0 Å². The van der Waals surface area contributed by atoms with Gasteiger partial charge in [-0.15, -0.1) is 0 Å². The Morgan fingerprint density at radius 1 is 1.14 bits per heavy atom. The number of carbonyl (C=O) groups is 1. The number of fused-ring (bicyclic) bond motifs is 2. The normalized spacial score (nSPS) is 23.6. The van der Waals surface area contributed by atoms with Gasteiger partial charge in [-0.3, -0.25) is 0 Å². The van der Waals surface area contributed by atoms with Crippen LogP contribution in [0.1, 0.15) is 71.9 Å². The Kier molecular flexibility index (Phi) is 5.56. The number of benzene rings is 1. The van der Waals surface area contributed by atoms with E-state index >= 15 is 0 Å². The number of rotatable bonds is 7. The predicted molar refractivity (Wildman–Crippen MR) is 129 cm³/mol. The molecule has 35 heavy (non-hydrogen) atoms. The second-order valence-electron chi connectivity index (χ2n) is 10.0. The van der Waals surface area contributed by atoms with Crippen molar-refractivity contribution in [1.29, 1.82) is 0 Å². The number of nitrogens with zero attached hydrogens (tertiary/aromatic N) is 3. The molecule has 0 radical (unpaired) electrons. The minimum absolute atomic E-state index is 0.0333. The van der Waals surface area contributed by atoms with Gasteiger partial charge in [-0.2, -0.15) is 0 Å². The lowest BCUT2D eigenvalue weighted by Gasteiger charge is -2.39. The van der Waals surface area contributed by atoms with E-state index in [-0.39, 0.29) is 29.7 Å². The van der Waals surface area contributed by atoms with E-state index in [9.17, 15) is 14.3 Å². The summed E-state index contributed by atoms with van der Waals surface area (Å²) in [5, 5.41) is 9.41. The smallest absolute Gasteiger partial charge is 0.354 e. The Labute approximate surface area is 203 Å². The molecule has 2 atom stereocenters. The van der Waals surface area contributed by atoms with Crippen LogP contribution in [-0.4, -0.2) is 44.2 Å². The lowest BCUT2D eigenvalue weighted by atomic mass is 9.99. The molecule has 1 aliphatic carbocycles. The molecule has 0 amide bonds. The van der Waals surface area contributed by atoms with Gasteiger partial charge in [0.25, 0.3) is 0 Å². The van der Waals surface area contributed by atoms with E-state index in [0.717, 1.165) is 49.7 Å². The molecule has 1 saturated carbocycles. The predicted octanol–water partition coefficient (Wildman–Crippen LogP) is 5.21. The third-order valence-corrected chi connectivity index (χ3v) is 7.62. The van der Waals surface area contributed by atoms with E-state index in [0.29, 0.717) is 29.7 Å². The fourth-order valence-corrected chi connectivity index (χ4v) is 5.85. The fraction of sp³-hybridized carbons (Fsp3) is 0.444. The maximum Gasteiger partial charge on any atom is 0.354 e. The van der Waals surface area contributed by atoms with E-state index in [1.807, 2.05) is 18.3 Å². The van der Waals surface area contributed by atoms with Gasteiger partial charge in [0.1, 0.15) is 5.82 Å². The number of aryl methyl sites for hydroxylation is 1. The number of H-pyrrole nitrogens is 1. The summed E-state index contributed by atoms with van der Waals surface area (Å²) in [6, 6.07) is 8.86. The van der Waals surface area contributed by atoms with Gasteiger partial charge in [0.15, 0.2) is 5.69 Å². The molecule has 3 aromatic rings. The first-order valence-electron chi connectivity index (χ1n) is 12.4. The van der Waals surface area contributed by atoms with Crippen LogP contribution in [0.4, 0.5) is 10.3 Å². The lowest BCUT2D eigenvalue weighted by molar-refractivity contribution is 0.0148. The summed E-state index contributed by atoms with van der Waals surface area (Å²) in [5.41, 5.74) is 4.44. The van der Waals surface area contributed by atoms with Crippen molar-refractivity contribution in [2.45, 2.75) is 76.2 Å². The monoisotopic (exact) mass is 476 g/mol. The molecule has 2 saturated heterocycles. The van der Waals surface area contributed by atoms with E-state index < -0.39 is 5.97 Å². The highest BCUT2D eigenvalue weighted by molar-refractivity contribution is 5.85. The van der Waals surface area contributed by atoms with Gasteiger partial charge in [0.05, 0.1) is 12.7 Å². The molecule has 2 unspecified atom stereocenters. The topological polar surface area (TPSA) is 91.3 Å². The molecule has 2 aliphatic heterocycles. The maximum atomic E-state index is 14.6. The van der Waals surface area contributed by atoms with Crippen LogP contribution >= 0.6 is 0 Å². The summed E-state index contributed by atoms with van der Waals surface area (Å²) in [5.74, 6) is -0.239. The third-order valence-electron chi connectivity index (χ3n) is 7.62. The third kappa shape index (κ3) is 4.20. The maximum absolute atomic E-state index is 14.6. The molecule has 0 spiro atoms. The number of hydrogen-bond donors (Lipinski definition) is 2. The molecule has 2 bridgehead atoms. The van der Waals surface area contributed by atoms with Crippen molar-refractivity contribution < 1.29 is 19.0 Å². The van der Waals surface area contributed by atoms with Crippen LogP contribution in [0.25, 0.3) is 11.1 Å². The first-order chi connectivity index (χ1) is 17.0. The van der Waals surface area contributed by atoms with Gasteiger partial charge < -0.3 is 19.7 Å². The van der Waals surface area contributed by atoms with Crippen molar-refractivity contribution in [3.8, 4) is 11.1 Å². The van der Waals surface area contributed by atoms with E-state index in [2.05, 4.69) is 19.9 Å². The van der Waals surface area contributed by atoms with Crippen LogP contribution in [0, 0.1) is 12.7 Å². The SMILES string of the molecule is Cc1cc(C(=O)O)nc(N2C3CCC2CC(OCc2c(-c4ccccc4F)c[nH]c2C2CC2)C3)n1. The number of anilines is 1. The highest BCUT2D eigenvalue weighted by atomic mass is 19.1. The van der Waals surface area contributed by atoms with Crippen LogP contribution in [0.15, 0.2) is 36.5 Å². The summed E-state index contributed by atoms with van der Waals surface area (Å²) >= 11 is 0.